The van der Waals surface area contributed by atoms with Gasteiger partial charge in [-0.25, -0.2) is 13.2 Å². The maximum atomic E-state index is 13.2. The van der Waals surface area contributed by atoms with Gasteiger partial charge in [0.05, 0.1) is 4.90 Å². The SMILES string of the molecule is Cc1ccccc1S(=O)(=O)C(C)(C=C=O)C1CCCCC1. The summed E-state index contributed by atoms with van der Waals surface area (Å²) in [5.41, 5.74) is 0.721. The van der Waals surface area contributed by atoms with Gasteiger partial charge in [-0.1, -0.05) is 37.5 Å². The molecular formula is C17H22O3S. The Labute approximate surface area is 127 Å². The molecule has 114 valence electrons. The van der Waals surface area contributed by atoms with E-state index >= 15 is 0 Å². The molecule has 1 fully saturated rings. The molecule has 0 amide bonds. The van der Waals surface area contributed by atoms with E-state index in [1.54, 1.807) is 38.0 Å². The van der Waals surface area contributed by atoms with Gasteiger partial charge in [-0.05, 0) is 44.2 Å². The minimum atomic E-state index is -3.61. The second-order valence-corrected chi connectivity index (χ2v) is 8.38. The van der Waals surface area contributed by atoms with Crippen LogP contribution in [-0.2, 0) is 14.6 Å². The number of sulfone groups is 1. The Hall–Kier alpha value is -1.38. The van der Waals surface area contributed by atoms with Gasteiger partial charge in [-0.3, -0.25) is 0 Å². The molecule has 0 radical (unpaired) electrons. The summed E-state index contributed by atoms with van der Waals surface area (Å²) in [5, 5.41) is 0. The largest absolute Gasteiger partial charge is 0.234 e. The Kier molecular flexibility index (Phi) is 4.70. The molecule has 0 saturated heterocycles. The zero-order valence-corrected chi connectivity index (χ0v) is 13.4. The third-order valence-corrected chi connectivity index (χ3v) is 7.37. The second kappa shape index (κ2) is 6.17. The van der Waals surface area contributed by atoms with E-state index in [1.165, 1.54) is 6.08 Å². The Morgan fingerprint density at radius 1 is 1.19 bits per heavy atom. The smallest absolute Gasteiger partial charge is 0.188 e. The minimum absolute atomic E-state index is 0.0164. The molecule has 1 aromatic carbocycles. The fraction of sp³-hybridized carbons (Fsp3) is 0.529. The monoisotopic (exact) mass is 306 g/mol. The van der Waals surface area contributed by atoms with Gasteiger partial charge in [-0.2, -0.15) is 0 Å². The highest BCUT2D eigenvalue weighted by Gasteiger charge is 2.46. The predicted octanol–water partition coefficient (Wildman–Crippen LogP) is 3.50. The molecule has 0 aliphatic heterocycles. The Morgan fingerprint density at radius 2 is 1.81 bits per heavy atom. The molecule has 3 nitrogen and oxygen atoms in total. The maximum absolute atomic E-state index is 13.2. The van der Waals surface area contributed by atoms with Crippen LogP contribution in [0.25, 0.3) is 0 Å². The van der Waals surface area contributed by atoms with Crippen molar-refractivity contribution in [2.45, 2.75) is 55.6 Å². The lowest BCUT2D eigenvalue weighted by Crippen LogP contribution is -2.42. The second-order valence-electron chi connectivity index (χ2n) is 6.05. The fourth-order valence-corrected chi connectivity index (χ4v) is 5.40. The molecule has 0 N–H and O–H groups in total. The topological polar surface area (TPSA) is 51.2 Å². The molecule has 1 atom stereocenters. The summed E-state index contributed by atoms with van der Waals surface area (Å²) in [7, 11) is -3.61. The first kappa shape index (κ1) is 16.0. The lowest BCUT2D eigenvalue weighted by Gasteiger charge is -2.36. The summed E-state index contributed by atoms with van der Waals surface area (Å²) in [5.74, 6) is 1.73. The molecule has 0 bridgehead atoms. The molecule has 1 aromatic rings. The van der Waals surface area contributed by atoms with Crippen LogP contribution < -0.4 is 0 Å². The van der Waals surface area contributed by atoms with Crippen LogP contribution in [0.4, 0.5) is 0 Å². The minimum Gasteiger partial charge on any atom is -0.234 e. The molecule has 21 heavy (non-hydrogen) atoms. The number of aryl methyl sites for hydroxylation is 1. The zero-order chi connectivity index (χ0) is 15.5. The Bertz CT molecular complexity index is 650. The predicted molar refractivity (Wildman–Crippen MR) is 83.6 cm³/mol. The first-order chi connectivity index (χ1) is 9.93. The van der Waals surface area contributed by atoms with Gasteiger partial charge >= 0.3 is 0 Å². The van der Waals surface area contributed by atoms with Crippen molar-refractivity contribution >= 4 is 15.8 Å². The van der Waals surface area contributed by atoms with Crippen molar-refractivity contribution < 1.29 is 13.2 Å². The number of hydrogen-bond donors (Lipinski definition) is 0. The molecule has 0 aromatic heterocycles. The number of hydrogen-bond acceptors (Lipinski definition) is 3. The van der Waals surface area contributed by atoms with Crippen LogP contribution >= 0.6 is 0 Å². The van der Waals surface area contributed by atoms with Crippen LogP contribution in [-0.4, -0.2) is 19.1 Å². The first-order valence-corrected chi connectivity index (χ1v) is 8.94. The summed E-state index contributed by atoms with van der Waals surface area (Å²) in [6, 6.07) is 6.97. The molecule has 2 rings (SSSR count). The van der Waals surface area contributed by atoms with Gasteiger partial charge < -0.3 is 0 Å². The maximum Gasteiger partial charge on any atom is 0.188 e. The average Bonchev–Trinajstić information content (AvgIpc) is 2.48. The van der Waals surface area contributed by atoms with Crippen molar-refractivity contribution in [3.05, 3.63) is 35.9 Å². The lowest BCUT2D eigenvalue weighted by molar-refractivity contribution is 0.311. The van der Waals surface area contributed by atoms with Crippen LogP contribution in [0.5, 0.6) is 0 Å². The van der Waals surface area contributed by atoms with Gasteiger partial charge in [-0.15, -0.1) is 0 Å². The van der Waals surface area contributed by atoms with Crippen molar-refractivity contribution in [1.82, 2.24) is 0 Å². The van der Waals surface area contributed by atoms with Crippen LogP contribution in [0, 0.1) is 12.8 Å². The van der Waals surface area contributed by atoms with Crippen LogP contribution in [0.15, 0.2) is 35.2 Å². The summed E-state index contributed by atoms with van der Waals surface area (Å²) >= 11 is 0. The molecule has 1 saturated carbocycles. The van der Waals surface area contributed by atoms with Crippen molar-refractivity contribution in [2.75, 3.05) is 0 Å². The van der Waals surface area contributed by atoms with Crippen LogP contribution in [0.3, 0.4) is 0 Å². The number of carbonyl (C=O) groups excluding carboxylic acids is 1. The zero-order valence-electron chi connectivity index (χ0n) is 12.6. The quantitative estimate of drug-likeness (QED) is 0.800. The number of rotatable bonds is 4. The van der Waals surface area contributed by atoms with Crippen LogP contribution in [0.2, 0.25) is 0 Å². The fourth-order valence-electron chi connectivity index (χ4n) is 3.30. The van der Waals surface area contributed by atoms with Gasteiger partial charge in [0.2, 0.25) is 0 Å². The Balaban J connectivity index is 2.55. The van der Waals surface area contributed by atoms with Crippen molar-refractivity contribution in [2.24, 2.45) is 5.92 Å². The molecule has 1 aliphatic rings. The van der Waals surface area contributed by atoms with E-state index in [4.69, 9.17) is 0 Å². The molecule has 4 heteroatoms. The molecule has 0 heterocycles. The van der Waals surface area contributed by atoms with E-state index in [2.05, 4.69) is 0 Å². The molecule has 0 spiro atoms. The number of benzene rings is 1. The van der Waals surface area contributed by atoms with Gasteiger partial charge in [0.15, 0.2) is 9.84 Å². The van der Waals surface area contributed by atoms with Crippen molar-refractivity contribution in [3.63, 3.8) is 0 Å². The highest BCUT2D eigenvalue weighted by atomic mass is 32.2. The highest BCUT2D eigenvalue weighted by molar-refractivity contribution is 7.93. The summed E-state index contributed by atoms with van der Waals surface area (Å²) in [4.78, 5) is 11.3. The Morgan fingerprint density at radius 3 is 2.38 bits per heavy atom. The first-order valence-electron chi connectivity index (χ1n) is 7.46. The van der Waals surface area contributed by atoms with Gasteiger partial charge in [0.25, 0.3) is 0 Å². The van der Waals surface area contributed by atoms with E-state index in [9.17, 15) is 13.2 Å². The molecular weight excluding hydrogens is 284 g/mol. The van der Waals surface area contributed by atoms with Gasteiger partial charge in [0, 0.05) is 6.08 Å². The van der Waals surface area contributed by atoms with Crippen molar-refractivity contribution in [3.8, 4) is 0 Å². The van der Waals surface area contributed by atoms with E-state index in [1.807, 2.05) is 6.07 Å². The third kappa shape index (κ3) is 2.83. The van der Waals surface area contributed by atoms with Gasteiger partial charge in [0.1, 0.15) is 10.7 Å². The lowest BCUT2D eigenvalue weighted by atomic mass is 9.80. The van der Waals surface area contributed by atoms with Crippen LogP contribution in [0.1, 0.15) is 44.6 Å². The molecule has 1 unspecified atom stereocenters. The summed E-state index contributed by atoms with van der Waals surface area (Å²) in [6.45, 7) is 3.47. The standard InChI is InChI=1S/C17H22O3S/c1-14-8-6-7-11-16(14)21(19,20)17(2,12-13-18)15-9-4-3-5-10-15/h6-8,11-12,15H,3-5,9-10H2,1-2H3. The van der Waals surface area contributed by atoms with E-state index < -0.39 is 14.6 Å². The van der Waals surface area contributed by atoms with E-state index in [0.29, 0.717) is 4.90 Å². The normalized spacial score (nSPS) is 19.5. The van der Waals surface area contributed by atoms with E-state index in [0.717, 1.165) is 37.7 Å². The summed E-state index contributed by atoms with van der Waals surface area (Å²) in [6.07, 6.45) is 6.11. The van der Waals surface area contributed by atoms with Crippen molar-refractivity contribution in [1.29, 1.82) is 0 Å². The van der Waals surface area contributed by atoms with E-state index in [-0.39, 0.29) is 5.92 Å². The molecule has 1 aliphatic carbocycles. The third-order valence-electron chi connectivity index (χ3n) is 4.72. The average molecular weight is 306 g/mol. The summed E-state index contributed by atoms with van der Waals surface area (Å²) < 4.78 is 25.1. The highest BCUT2D eigenvalue weighted by Crippen LogP contribution is 2.41.